The molecule has 108 valence electrons. The molecule has 0 spiro atoms. The van der Waals surface area contributed by atoms with Gasteiger partial charge in [-0.05, 0) is 47.5 Å². The molecule has 0 aliphatic heterocycles. The van der Waals surface area contributed by atoms with Crippen LogP contribution in [-0.4, -0.2) is 6.61 Å². The Kier molecular flexibility index (Phi) is 6.09. The summed E-state index contributed by atoms with van der Waals surface area (Å²) in [5.74, 6) is 0.969. The van der Waals surface area contributed by atoms with E-state index in [1.807, 2.05) is 17.4 Å². The molecule has 0 atom stereocenters. The summed E-state index contributed by atoms with van der Waals surface area (Å²) in [4.78, 5) is 1.45. The molecular formula is C17H23NOS. The second kappa shape index (κ2) is 8.08. The Morgan fingerprint density at radius 3 is 2.85 bits per heavy atom. The van der Waals surface area contributed by atoms with Crippen LogP contribution in [-0.2, 0) is 19.5 Å². The topological polar surface area (TPSA) is 21.3 Å². The second-order valence-electron chi connectivity index (χ2n) is 4.82. The number of aryl methyl sites for hydroxylation is 1. The zero-order chi connectivity index (χ0) is 14.2. The summed E-state index contributed by atoms with van der Waals surface area (Å²) < 4.78 is 5.66. The molecule has 2 aromatic rings. The van der Waals surface area contributed by atoms with Gasteiger partial charge in [-0.15, -0.1) is 11.3 Å². The van der Waals surface area contributed by atoms with Crippen LogP contribution in [0.3, 0.4) is 0 Å². The number of thiophene rings is 1. The van der Waals surface area contributed by atoms with E-state index >= 15 is 0 Å². The molecule has 0 bridgehead atoms. The Labute approximate surface area is 125 Å². The quantitative estimate of drug-likeness (QED) is 0.778. The van der Waals surface area contributed by atoms with E-state index in [9.17, 15) is 0 Å². The summed E-state index contributed by atoms with van der Waals surface area (Å²) in [5.41, 5.74) is 2.73. The van der Waals surface area contributed by atoms with E-state index < -0.39 is 0 Å². The van der Waals surface area contributed by atoms with Gasteiger partial charge in [-0.1, -0.05) is 26.0 Å². The van der Waals surface area contributed by atoms with Crippen molar-refractivity contribution in [2.45, 2.75) is 39.8 Å². The van der Waals surface area contributed by atoms with Gasteiger partial charge in [0.1, 0.15) is 5.75 Å². The molecule has 0 aliphatic rings. The van der Waals surface area contributed by atoms with Gasteiger partial charge < -0.3 is 10.1 Å². The highest BCUT2D eigenvalue weighted by Gasteiger charge is 2.02. The minimum absolute atomic E-state index is 0.784. The number of ether oxygens (including phenoxy) is 1. The van der Waals surface area contributed by atoms with Crippen LogP contribution in [0.15, 0.2) is 35.7 Å². The second-order valence-corrected chi connectivity index (χ2v) is 5.82. The fourth-order valence-corrected chi connectivity index (χ4v) is 3.07. The van der Waals surface area contributed by atoms with Gasteiger partial charge in [-0.3, -0.25) is 0 Å². The number of rotatable bonds is 8. The molecule has 0 radical (unpaired) electrons. The highest BCUT2D eigenvalue weighted by atomic mass is 32.1. The van der Waals surface area contributed by atoms with Gasteiger partial charge >= 0.3 is 0 Å². The summed E-state index contributed by atoms with van der Waals surface area (Å²) in [6.07, 6.45) is 2.15. The molecule has 2 nitrogen and oxygen atoms in total. The first-order chi connectivity index (χ1) is 9.83. The van der Waals surface area contributed by atoms with Crippen LogP contribution in [0.1, 0.15) is 36.3 Å². The molecule has 0 saturated carbocycles. The minimum atomic E-state index is 0.784. The van der Waals surface area contributed by atoms with Gasteiger partial charge in [0.15, 0.2) is 0 Å². The third-order valence-corrected chi connectivity index (χ3v) is 4.17. The fraction of sp³-hybridized carbons (Fsp3) is 0.412. The molecule has 2 rings (SSSR count). The summed E-state index contributed by atoms with van der Waals surface area (Å²) in [7, 11) is 0. The molecule has 3 heteroatoms. The highest BCUT2D eigenvalue weighted by Crippen LogP contribution is 2.18. The first-order valence-electron chi connectivity index (χ1n) is 7.31. The lowest BCUT2D eigenvalue weighted by Crippen LogP contribution is -2.12. The zero-order valence-electron chi connectivity index (χ0n) is 12.3. The van der Waals surface area contributed by atoms with Crippen molar-refractivity contribution in [1.29, 1.82) is 0 Å². The SMILES string of the molecule is CCCOc1cccc(CNCc2sccc2CC)c1. The Bertz CT molecular complexity index is 521. The van der Waals surface area contributed by atoms with E-state index in [0.29, 0.717) is 0 Å². The molecule has 1 heterocycles. The summed E-state index contributed by atoms with van der Waals surface area (Å²) in [6, 6.07) is 10.6. The van der Waals surface area contributed by atoms with Crippen LogP contribution in [0.25, 0.3) is 0 Å². The average molecular weight is 289 g/mol. The van der Waals surface area contributed by atoms with Crippen molar-refractivity contribution in [3.8, 4) is 5.75 Å². The maximum absolute atomic E-state index is 5.66. The Morgan fingerprint density at radius 2 is 2.05 bits per heavy atom. The Morgan fingerprint density at radius 1 is 1.15 bits per heavy atom. The van der Waals surface area contributed by atoms with Gasteiger partial charge in [-0.25, -0.2) is 0 Å². The zero-order valence-corrected chi connectivity index (χ0v) is 13.1. The Hall–Kier alpha value is -1.32. The lowest BCUT2D eigenvalue weighted by atomic mass is 10.2. The van der Waals surface area contributed by atoms with Crippen LogP contribution in [0, 0.1) is 0 Å². The molecule has 0 aliphatic carbocycles. The smallest absolute Gasteiger partial charge is 0.119 e. The number of hydrogen-bond donors (Lipinski definition) is 1. The summed E-state index contributed by atoms with van der Waals surface area (Å²) in [5, 5.41) is 5.69. The monoisotopic (exact) mass is 289 g/mol. The summed E-state index contributed by atoms with van der Waals surface area (Å²) >= 11 is 1.84. The molecule has 0 unspecified atom stereocenters. The van der Waals surface area contributed by atoms with Gasteiger partial charge in [0.25, 0.3) is 0 Å². The van der Waals surface area contributed by atoms with Crippen LogP contribution in [0.2, 0.25) is 0 Å². The van der Waals surface area contributed by atoms with Crippen LogP contribution >= 0.6 is 11.3 Å². The number of hydrogen-bond acceptors (Lipinski definition) is 3. The van der Waals surface area contributed by atoms with Crippen LogP contribution in [0.5, 0.6) is 5.75 Å². The predicted molar refractivity (Wildman–Crippen MR) is 86.5 cm³/mol. The molecule has 0 fully saturated rings. The van der Waals surface area contributed by atoms with Crippen molar-refractivity contribution in [1.82, 2.24) is 5.32 Å². The average Bonchev–Trinajstić information content (AvgIpc) is 2.93. The molecule has 1 aromatic carbocycles. The van der Waals surface area contributed by atoms with Crippen molar-refractivity contribution in [2.24, 2.45) is 0 Å². The first kappa shape index (κ1) is 15.1. The van der Waals surface area contributed by atoms with Crippen molar-refractivity contribution >= 4 is 11.3 Å². The van der Waals surface area contributed by atoms with Gasteiger partial charge in [-0.2, -0.15) is 0 Å². The van der Waals surface area contributed by atoms with Crippen molar-refractivity contribution in [3.05, 3.63) is 51.7 Å². The summed E-state index contributed by atoms with van der Waals surface area (Å²) in [6.45, 7) is 6.94. The number of nitrogens with one attached hydrogen (secondary N) is 1. The maximum atomic E-state index is 5.66. The van der Waals surface area contributed by atoms with Crippen LogP contribution in [0.4, 0.5) is 0 Å². The molecule has 20 heavy (non-hydrogen) atoms. The lowest BCUT2D eigenvalue weighted by molar-refractivity contribution is 0.317. The van der Waals surface area contributed by atoms with Crippen molar-refractivity contribution in [3.63, 3.8) is 0 Å². The van der Waals surface area contributed by atoms with Gasteiger partial charge in [0.2, 0.25) is 0 Å². The number of benzene rings is 1. The largest absolute Gasteiger partial charge is 0.494 e. The van der Waals surface area contributed by atoms with Gasteiger partial charge in [0.05, 0.1) is 6.61 Å². The molecule has 0 saturated heterocycles. The van der Waals surface area contributed by atoms with E-state index in [4.69, 9.17) is 4.74 Å². The van der Waals surface area contributed by atoms with Gasteiger partial charge in [0, 0.05) is 18.0 Å². The fourth-order valence-electron chi connectivity index (χ4n) is 2.12. The third kappa shape index (κ3) is 4.36. The molecule has 1 aromatic heterocycles. The minimum Gasteiger partial charge on any atom is -0.494 e. The highest BCUT2D eigenvalue weighted by molar-refractivity contribution is 7.10. The Balaban J connectivity index is 1.84. The van der Waals surface area contributed by atoms with Crippen molar-refractivity contribution < 1.29 is 4.74 Å². The molecular weight excluding hydrogens is 266 g/mol. The molecule has 0 amide bonds. The normalized spacial score (nSPS) is 10.7. The lowest BCUT2D eigenvalue weighted by Gasteiger charge is -2.08. The van der Waals surface area contributed by atoms with E-state index in [2.05, 4.69) is 48.8 Å². The van der Waals surface area contributed by atoms with E-state index in [1.165, 1.54) is 16.0 Å². The predicted octanol–water partition coefficient (Wildman–Crippen LogP) is 4.39. The standard InChI is InChI=1S/C17H23NOS/c1-3-9-19-16-7-5-6-14(11-16)12-18-13-17-15(4-2)8-10-20-17/h5-8,10-11,18H,3-4,9,12-13H2,1-2H3. The molecule has 1 N–H and O–H groups in total. The maximum Gasteiger partial charge on any atom is 0.119 e. The third-order valence-electron chi connectivity index (χ3n) is 3.20. The van der Waals surface area contributed by atoms with Crippen LogP contribution < -0.4 is 10.1 Å². The van der Waals surface area contributed by atoms with E-state index in [-0.39, 0.29) is 0 Å². The first-order valence-corrected chi connectivity index (χ1v) is 8.19. The van der Waals surface area contributed by atoms with E-state index in [1.54, 1.807) is 0 Å². The van der Waals surface area contributed by atoms with Crippen molar-refractivity contribution in [2.75, 3.05) is 6.61 Å². The van der Waals surface area contributed by atoms with E-state index in [0.717, 1.165) is 38.3 Å².